The molecule has 0 aromatic carbocycles. The maximum Gasteiger partial charge on any atom is 0.177 e. The van der Waals surface area contributed by atoms with E-state index < -0.39 is 0 Å². The zero-order valence-corrected chi connectivity index (χ0v) is 7.76. The van der Waals surface area contributed by atoms with Gasteiger partial charge in [-0.05, 0) is 25.6 Å². The molecule has 0 atom stereocenters. The van der Waals surface area contributed by atoms with Gasteiger partial charge < -0.3 is 10.3 Å². The molecule has 2 aromatic rings. The average Bonchev–Trinajstić information content (AvgIpc) is 2.46. The summed E-state index contributed by atoms with van der Waals surface area (Å²) in [6, 6.07) is 2.05. The number of aromatic amines is 1. The third kappa shape index (κ3) is 1.53. The molecule has 0 fully saturated rings. The Morgan fingerprint density at radius 1 is 1.54 bits per heavy atom. The van der Waals surface area contributed by atoms with Gasteiger partial charge in [0.1, 0.15) is 5.82 Å². The van der Waals surface area contributed by atoms with Gasteiger partial charge in [0.25, 0.3) is 0 Å². The predicted octanol–water partition coefficient (Wildman–Crippen LogP) is 0.986. The van der Waals surface area contributed by atoms with Gasteiger partial charge in [-0.25, -0.2) is 9.97 Å². The Balaban J connectivity index is 2.49. The molecule has 68 valence electrons. The largest absolute Gasteiger partial charge is 0.340 e. The molecule has 2 rings (SSSR count). The van der Waals surface area contributed by atoms with E-state index in [1.807, 2.05) is 20.2 Å². The van der Waals surface area contributed by atoms with E-state index in [-0.39, 0.29) is 0 Å². The fourth-order valence-corrected chi connectivity index (χ4v) is 1.31. The average molecular weight is 176 g/mol. The van der Waals surface area contributed by atoms with Crippen LogP contribution in [-0.2, 0) is 6.54 Å². The number of hydrogen-bond donors (Lipinski definition) is 2. The van der Waals surface area contributed by atoms with Crippen LogP contribution in [0.5, 0.6) is 0 Å². The lowest BCUT2D eigenvalue weighted by Crippen LogP contribution is -2.06. The SMILES string of the molecule is CNCc1nc2ncc(C)cc2[nH]1. The third-order valence-corrected chi connectivity index (χ3v) is 1.87. The number of hydrogen-bond acceptors (Lipinski definition) is 3. The fraction of sp³-hybridized carbons (Fsp3) is 0.333. The van der Waals surface area contributed by atoms with E-state index in [4.69, 9.17) is 0 Å². The highest BCUT2D eigenvalue weighted by molar-refractivity contribution is 5.70. The molecule has 0 aliphatic heterocycles. The van der Waals surface area contributed by atoms with Crippen molar-refractivity contribution in [3.63, 3.8) is 0 Å². The van der Waals surface area contributed by atoms with E-state index >= 15 is 0 Å². The van der Waals surface area contributed by atoms with Gasteiger partial charge in [0, 0.05) is 6.20 Å². The Kier molecular flexibility index (Phi) is 1.98. The van der Waals surface area contributed by atoms with Crippen molar-refractivity contribution in [3.05, 3.63) is 23.7 Å². The minimum atomic E-state index is 0.745. The minimum Gasteiger partial charge on any atom is -0.340 e. The van der Waals surface area contributed by atoms with E-state index in [0.717, 1.165) is 29.1 Å². The Labute approximate surface area is 76.4 Å². The second kappa shape index (κ2) is 3.14. The van der Waals surface area contributed by atoms with Crippen molar-refractivity contribution < 1.29 is 0 Å². The molecule has 0 spiro atoms. The lowest BCUT2D eigenvalue weighted by molar-refractivity contribution is 0.774. The fourth-order valence-electron chi connectivity index (χ4n) is 1.31. The van der Waals surface area contributed by atoms with Gasteiger partial charge in [-0.1, -0.05) is 0 Å². The van der Waals surface area contributed by atoms with Gasteiger partial charge in [-0.3, -0.25) is 0 Å². The minimum absolute atomic E-state index is 0.745. The first-order chi connectivity index (χ1) is 6.29. The molecular formula is C9H12N4. The Morgan fingerprint density at radius 2 is 2.38 bits per heavy atom. The quantitative estimate of drug-likeness (QED) is 0.717. The number of aryl methyl sites for hydroxylation is 1. The number of fused-ring (bicyclic) bond motifs is 1. The number of imidazole rings is 1. The lowest BCUT2D eigenvalue weighted by atomic mass is 10.3. The molecule has 0 amide bonds. The molecule has 0 saturated heterocycles. The molecule has 0 aliphatic carbocycles. The molecule has 4 nitrogen and oxygen atoms in total. The van der Waals surface area contributed by atoms with Crippen LogP contribution in [0.1, 0.15) is 11.4 Å². The van der Waals surface area contributed by atoms with E-state index in [1.165, 1.54) is 0 Å². The third-order valence-electron chi connectivity index (χ3n) is 1.87. The topological polar surface area (TPSA) is 53.6 Å². The number of rotatable bonds is 2. The summed E-state index contributed by atoms with van der Waals surface area (Å²) < 4.78 is 0. The molecule has 2 aromatic heterocycles. The van der Waals surface area contributed by atoms with Crippen LogP contribution in [0.2, 0.25) is 0 Å². The molecule has 13 heavy (non-hydrogen) atoms. The van der Waals surface area contributed by atoms with Gasteiger partial charge in [-0.15, -0.1) is 0 Å². The normalized spacial score (nSPS) is 10.9. The van der Waals surface area contributed by atoms with Gasteiger partial charge in [0.2, 0.25) is 0 Å². The second-order valence-electron chi connectivity index (χ2n) is 3.10. The second-order valence-corrected chi connectivity index (χ2v) is 3.10. The smallest absolute Gasteiger partial charge is 0.177 e. The van der Waals surface area contributed by atoms with Crippen LogP contribution in [-0.4, -0.2) is 22.0 Å². The van der Waals surface area contributed by atoms with Gasteiger partial charge in [0.15, 0.2) is 5.65 Å². The van der Waals surface area contributed by atoms with E-state index in [1.54, 1.807) is 0 Å². The summed E-state index contributed by atoms with van der Waals surface area (Å²) in [6.07, 6.45) is 1.83. The Bertz CT molecular complexity index is 418. The molecule has 2 N–H and O–H groups in total. The van der Waals surface area contributed by atoms with Crippen LogP contribution < -0.4 is 5.32 Å². The van der Waals surface area contributed by atoms with Gasteiger partial charge in [0.05, 0.1) is 12.1 Å². The van der Waals surface area contributed by atoms with Crippen molar-refractivity contribution in [2.45, 2.75) is 13.5 Å². The first kappa shape index (κ1) is 8.19. The van der Waals surface area contributed by atoms with Crippen LogP contribution in [0.25, 0.3) is 11.2 Å². The van der Waals surface area contributed by atoms with Crippen LogP contribution in [0, 0.1) is 6.92 Å². The highest BCUT2D eigenvalue weighted by Gasteiger charge is 2.01. The van der Waals surface area contributed by atoms with Crippen molar-refractivity contribution in [1.29, 1.82) is 0 Å². The monoisotopic (exact) mass is 176 g/mol. The summed E-state index contributed by atoms with van der Waals surface area (Å²) in [5.74, 6) is 0.926. The Hall–Kier alpha value is -1.42. The maximum atomic E-state index is 4.31. The molecule has 2 heterocycles. The van der Waals surface area contributed by atoms with E-state index in [9.17, 15) is 0 Å². The summed E-state index contributed by atoms with van der Waals surface area (Å²) in [4.78, 5) is 11.7. The van der Waals surface area contributed by atoms with Gasteiger partial charge >= 0.3 is 0 Å². The molecule has 0 unspecified atom stereocenters. The van der Waals surface area contributed by atoms with Crippen LogP contribution in [0.3, 0.4) is 0 Å². The highest BCUT2D eigenvalue weighted by atomic mass is 15.0. The van der Waals surface area contributed by atoms with Crippen molar-refractivity contribution in [2.75, 3.05) is 7.05 Å². The first-order valence-corrected chi connectivity index (χ1v) is 4.25. The predicted molar refractivity (Wildman–Crippen MR) is 51.4 cm³/mol. The standard InChI is InChI=1S/C9H12N4/c1-6-3-7-9(11-4-6)13-8(12-7)5-10-2/h3-4,10H,5H2,1-2H3,(H,11,12,13). The molecule has 4 heteroatoms. The summed E-state index contributed by atoms with van der Waals surface area (Å²) >= 11 is 0. The number of H-pyrrole nitrogens is 1. The number of aromatic nitrogens is 3. The number of nitrogens with one attached hydrogen (secondary N) is 2. The zero-order valence-electron chi connectivity index (χ0n) is 7.76. The summed E-state index contributed by atoms with van der Waals surface area (Å²) in [5, 5.41) is 3.04. The number of pyridine rings is 1. The van der Waals surface area contributed by atoms with Crippen molar-refractivity contribution in [1.82, 2.24) is 20.3 Å². The van der Waals surface area contributed by atoms with E-state index in [0.29, 0.717) is 0 Å². The Morgan fingerprint density at radius 3 is 3.15 bits per heavy atom. The lowest BCUT2D eigenvalue weighted by Gasteiger charge is -1.90. The zero-order chi connectivity index (χ0) is 9.26. The highest BCUT2D eigenvalue weighted by Crippen LogP contribution is 2.09. The molecule has 0 saturated carbocycles. The molecule has 0 aliphatic rings. The van der Waals surface area contributed by atoms with Crippen molar-refractivity contribution in [2.24, 2.45) is 0 Å². The van der Waals surface area contributed by atoms with Crippen LogP contribution in [0.15, 0.2) is 12.3 Å². The first-order valence-electron chi connectivity index (χ1n) is 4.25. The van der Waals surface area contributed by atoms with Crippen LogP contribution in [0.4, 0.5) is 0 Å². The summed E-state index contributed by atoms with van der Waals surface area (Å²) in [6.45, 7) is 2.76. The van der Waals surface area contributed by atoms with E-state index in [2.05, 4.69) is 26.3 Å². The molecule has 0 radical (unpaired) electrons. The molecular weight excluding hydrogens is 164 g/mol. The van der Waals surface area contributed by atoms with Crippen LogP contribution >= 0.6 is 0 Å². The molecule has 0 bridgehead atoms. The number of nitrogens with zero attached hydrogens (tertiary/aromatic N) is 2. The summed E-state index contributed by atoms with van der Waals surface area (Å²) in [5.41, 5.74) is 2.94. The van der Waals surface area contributed by atoms with Gasteiger partial charge in [-0.2, -0.15) is 0 Å². The van der Waals surface area contributed by atoms with Crippen molar-refractivity contribution >= 4 is 11.2 Å². The maximum absolute atomic E-state index is 4.31. The summed E-state index contributed by atoms with van der Waals surface area (Å²) in [7, 11) is 1.89. The van der Waals surface area contributed by atoms with Crippen molar-refractivity contribution in [3.8, 4) is 0 Å².